The van der Waals surface area contributed by atoms with Gasteiger partial charge in [-0.1, -0.05) is 12.1 Å². The number of rotatable bonds is 6. The quantitative estimate of drug-likeness (QED) is 0.589. The molecule has 8 heteroatoms. The molecule has 3 heterocycles. The van der Waals surface area contributed by atoms with Crippen LogP contribution >= 0.6 is 0 Å². The van der Waals surface area contributed by atoms with Crippen LogP contribution in [0.3, 0.4) is 0 Å². The Morgan fingerprint density at radius 1 is 1.29 bits per heavy atom. The number of fused-ring (bicyclic) bond motifs is 1. The van der Waals surface area contributed by atoms with E-state index in [2.05, 4.69) is 10.6 Å². The van der Waals surface area contributed by atoms with E-state index in [0.717, 1.165) is 30.7 Å². The van der Waals surface area contributed by atoms with Gasteiger partial charge in [0.2, 0.25) is 11.8 Å². The molecule has 3 atom stereocenters. The number of nitrogens with zero attached hydrogens (tertiary/aromatic N) is 1. The van der Waals surface area contributed by atoms with Gasteiger partial charge in [0.05, 0.1) is 12.7 Å². The molecule has 0 radical (unpaired) electrons. The number of amides is 3. The molecular formula is C20H26N4O4. The Bertz CT molecular complexity index is 796. The fraction of sp³-hybridized carbons (Fsp3) is 0.550. The van der Waals surface area contributed by atoms with Gasteiger partial charge in [0.1, 0.15) is 6.04 Å². The Balaban J connectivity index is 1.35. The molecule has 3 aliphatic rings. The molecule has 3 unspecified atom stereocenters. The molecule has 2 saturated heterocycles. The van der Waals surface area contributed by atoms with Gasteiger partial charge in [-0.2, -0.15) is 0 Å². The number of nitrogens with two attached hydrogens (primary N) is 1. The van der Waals surface area contributed by atoms with Crippen molar-refractivity contribution in [2.45, 2.75) is 44.5 Å². The van der Waals surface area contributed by atoms with Crippen molar-refractivity contribution in [2.24, 2.45) is 11.7 Å². The number of hydrogen-bond donors (Lipinski definition) is 3. The van der Waals surface area contributed by atoms with Crippen LogP contribution in [0.15, 0.2) is 18.2 Å². The fourth-order valence-corrected chi connectivity index (χ4v) is 4.22. The van der Waals surface area contributed by atoms with Crippen LogP contribution in [0.1, 0.15) is 40.7 Å². The first kappa shape index (κ1) is 19.0. The van der Waals surface area contributed by atoms with E-state index in [9.17, 15) is 14.4 Å². The number of ether oxygens (including phenoxy) is 1. The van der Waals surface area contributed by atoms with E-state index in [1.165, 1.54) is 0 Å². The summed E-state index contributed by atoms with van der Waals surface area (Å²) in [4.78, 5) is 37.9. The molecule has 0 spiro atoms. The standard InChI is InChI=1S/C20H26N4O4/c21-7-15-5-13(11-28-15)9-22-8-12-1-2-14-10-24(20(27)16(14)6-12)17-3-4-18(25)23-19(17)26/h1-2,6,13,15,17,22H,3-5,7-11,21H2,(H,23,25,26). The Morgan fingerprint density at radius 3 is 2.89 bits per heavy atom. The van der Waals surface area contributed by atoms with E-state index in [0.29, 0.717) is 37.5 Å². The van der Waals surface area contributed by atoms with Crippen LogP contribution in [0.25, 0.3) is 0 Å². The molecule has 0 bridgehead atoms. The molecule has 8 nitrogen and oxygen atoms in total. The molecule has 1 aromatic rings. The first-order chi connectivity index (χ1) is 13.5. The molecule has 0 aliphatic carbocycles. The molecule has 0 aromatic heterocycles. The zero-order valence-electron chi connectivity index (χ0n) is 15.8. The van der Waals surface area contributed by atoms with Gasteiger partial charge in [-0.25, -0.2) is 0 Å². The molecule has 150 valence electrons. The van der Waals surface area contributed by atoms with Crippen molar-refractivity contribution in [3.63, 3.8) is 0 Å². The highest BCUT2D eigenvalue weighted by Gasteiger charge is 2.39. The third kappa shape index (κ3) is 3.80. The summed E-state index contributed by atoms with van der Waals surface area (Å²) in [5.41, 5.74) is 8.25. The Labute approximate surface area is 163 Å². The first-order valence-corrected chi connectivity index (χ1v) is 9.84. The molecule has 4 N–H and O–H groups in total. The topological polar surface area (TPSA) is 114 Å². The fourth-order valence-electron chi connectivity index (χ4n) is 4.22. The number of hydrogen-bond acceptors (Lipinski definition) is 6. The van der Waals surface area contributed by atoms with E-state index in [-0.39, 0.29) is 30.2 Å². The lowest BCUT2D eigenvalue weighted by molar-refractivity contribution is -0.136. The summed E-state index contributed by atoms with van der Waals surface area (Å²) in [6, 6.07) is 5.31. The maximum absolute atomic E-state index is 12.8. The molecule has 28 heavy (non-hydrogen) atoms. The molecule has 2 fully saturated rings. The van der Waals surface area contributed by atoms with Crippen LogP contribution in [0.2, 0.25) is 0 Å². The maximum Gasteiger partial charge on any atom is 0.255 e. The number of imide groups is 1. The van der Waals surface area contributed by atoms with Crippen LogP contribution in [0, 0.1) is 5.92 Å². The van der Waals surface area contributed by atoms with Crippen LogP contribution in [-0.2, 0) is 27.4 Å². The minimum Gasteiger partial charge on any atom is -0.377 e. The molecule has 3 amide bonds. The number of nitrogens with one attached hydrogen (secondary N) is 2. The third-order valence-corrected chi connectivity index (χ3v) is 5.78. The van der Waals surface area contributed by atoms with Gasteiger partial charge in [0.25, 0.3) is 5.91 Å². The molecule has 0 saturated carbocycles. The summed E-state index contributed by atoms with van der Waals surface area (Å²) in [6.45, 7) is 3.23. The molecular weight excluding hydrogens is 360 g/mol. The van der Waals surface area contributed by atoms with Gasteiger partial charge in [-0.3, -0.25) is 19.7 Å². The average molecular weight is 386 g/mol. The lowest BCUT2D eigenvalue weighted by Gasteiger charge is -2.29. The van der Waals surface area contributed by atoms with Crippen LogP contribution in [0.4, 0.5) is 0 Å². The van der Waals surface area contributed by atoms with Crippen molar-refractivity contribution < 1.29 is 19.1 Å². The van der Waals surface area contributed by atoms with Crippen LogP contribution < -0.4 is 16.4 Å². The monoisotopic (exact) mass is 386 g/mol. The Kier molecular flexibility index (Phi) is 5.43. The molecule has 4 rings (SSSR count). The molecule has 3 aliphatic heterocycles. The van der Waals surface area contributed by atoms with E-state index in [1.54, 1.807) is 4.90 Å². The second-order valence-electron chi connectivity index (χ2n) is 7.82. The van der Waals surface area contributed by atoms with Crippen molar-refractivity contribution >= 4 is 17.7 Å². The number of carbonyl (C=O) groups excluding carboxylic acids is 3. The highest BCUT2D eigenvalue weighted by Crippen LogP contribution is 2.28. The lowest BCUT2D eigenvalue weighted by atomic mass is 10.0. The predicted molar refractivity (Wildman–Crippen MR) is 101 cm³/mol. The van der Waals surface area contributed by atoms with E-state index in [1.807, 2.05) is 18.2 Å². The second kappa shape index (κ2) is 7.98. The van der Waals surface area contributed by atoms with Gasteiger partial charge < -0.3 is 20.7 Å². The van der Waals surface area contributed by atoms with E-state index >= 15 is 0 Å². The van der Waals surface area contributed by atoms with Crippen molar-refractivity contribution in [2.75, 3.05) is 19.7 Å². The minimum absolute atomic E-state index is 0.138. The smallest absolute Gasteiger partial charge is 0.255 e. The summed E-state index contributed by atoms with van der Waals surface area (Å²) >= 11 is 0. The summed E-state index contributed by atoms with van der Waals surface area (Å²) < 4.78 is 5.61. The van der Waals surface area contributed by atoms with Crippen molar-refractivity contribution in [1.82, 2.24) is 15.5 Å². The maximum atomic E-state index is 12.8. The normalized spacial score (nSPS) is 27.2. The van der Waals surface area contributed by atoms with Crippen molar-refractivity contribution in [3.05, 3.63) is 34.9 Å². The minimum atomic E-state index is -0.572. The summed E-state index contributed by atoms with van der Waals surface area (Å²) in [5, 5.41) is 5.76. The average Bonchev–Trinajstić information content (AvgIpc) is 3.27. The van der Waals surface area contributed by atoms with Crippen LogP contribution in [0.5, 0.6) is 0 Å². The number of benzene rings is 1. The van der Waals surface area contributed by atoms with Crippen LogP contribution in [-0.4, -0.2) is 54.5 Å². The number of carbonyl (C=O) groups is 3. The number of piperidine rings is 1. The van der Waals surface area contributed by atoms with E-state index in [4.69, 9.17) is 10.5 Å². The van der Waals surface area contributed by atoms with Gasteiger partial charge in [0.15, 0.2) is 0 Å². The van der Waals surface area contributed by atoms with Gasteiger partial charge in [0, 0.05) is 38.2 Å². The highest BCUT2D eigenvalue weighted by atomic mass is 16.5. The van der Waals surface area contributed by atoms with Gasteiger partial charge >= 0.3 is 0 Å². The molecule has 1 aromatic carbocycles. The van der Waals surface area contributed by atoms with Gasteiger partial charge in [-0.15, -0.1) is 0 Å². The van der Waals surface area contributed by atoms with Crippen molar-refractivity contribution in [3.8, 4) is 0 Å². The van der Waals surface area contributed by atoms with Crippen molar-refractivity contribution in [1.29, 1.82) is 0 Å². The summed E-state index contributed by atoms with van der Waals surface area (Å²) in [5.74, 6) is -0.327. The SMILES string of the molecule is NCC1CC(CNCc2ccc3c(c2)C(=O)N(C2CCC(=O)NC2=O)C3)CO1. The third-order valence-electron chi connectivity index (χ3n) is 5.78. The highest BCUT2D eigenvalue weighted by molar-refractivity contribution is 6.05. The Morgan fingerprint density at radius 2 is 2.14 bits per heavy atom. The van der Waals surface area contributed by atoms with Gasteiger partial charge in [-0.05, 0) is 36.0 Å². The zero-order chi connectivity index (χ0) is 19.7. The summed E-state index contributed by atoms with van der Waals surface area (Å²) in [7, 11) is 0. The lowest BCUT2D eigenvalue weighted by Crippen LogP contribution is -2.52. The second-order valence-corrected chi connectivity index (χ2v) is 7.82. The predicted octanol–water partition coefficient (Wildman–Crippen LogP) is -0.0990. The van der Waals surface area contributed by atoms with E-state index < -0.39 is 6.04 Å². The first-order valence-electron chi connectivity index (χ1n) is 9.84. The zero-order valence-corrected chi connectivity index (χ0v) is 15.8. The summed E-state index contributed by atoms with van der Waals surface area (Å²) in [6.07, 6.45) is 1.79. The Hall–Kier alpha value is -2.29. The largest absolute Gasteiger partial charge is 0.377 e.